The van der Waals surface area contributed by atoms with Crippen LogP contribution in [0.3, 0.4) is 0 Å². The predicted octanol–water partition coefficient (Wildman–Crippen LogP) is 9.22. The average molecular weight is 459 g/mol. The van der Waals surface area contributed by atoms with E-state index in [1.54, 1.807) is 12.1 Å². The minimum absolute atomic E-state index is 0.00355. The van der Waals surface area contributed by atoms with Gasteiger partial charge in [-0.15, -0.1) is 0 Å². The first-order valence-electron chi connectivity index (χ1n) is 13.7. The van der Waals surface area contributed by atoms with Crippen LogP contribution in [0.4, 0.5) is 8.78 Å². The maximum atomic E-state index is 14.5. The smallest absolute Gasteiger partial charge is 0.200 e. The van der Waals surface area contributed by atoms with E-state index in [1.807, 2.05) is 0 Å². The second kappa shape index (κ2) is 11.8. The molecule has 4 rings (SSSR count). The first kappa shape index (κ1) is 24.7. The first-order chi connectivity index (χ1) is 16.1. The molecule has 1 aromatic carbocycles. The summed E-state index contributed by atoms with van der Waals surface area (Å²) in [4.78, 5) is 0. The molecule has 3 fully saturated rings. The van der Waals surface area contributed by atoms with Crippen molar-refractivity contribution in [2.24, 2.45) is 29.6 Å². The topological polar surface area (TPSA) is 9.23 Å². The van der Waals surface area contributed by atoms with Gasteiger partial charge in [0, 0.05) is 0 Å². The van der Waals surface area contributed by atoms with Crippen LogP contribution in [-0.2, 0) is 0 Å². The summed E-state index contributed by atoms with van der Waals surface area (Å²) in [5, 5.41) is 0. The van der Waals surface area contributed by atoms with E-state index in [2.05, 4.69) is 19.1 Å². The van der Waals surface area contributed by atoms with Crippen LogP contribution in [0.15, 0.2) is 24.3 Å². The highest BCUT2D eigenvalue weighted by Gasteiger charge is 2.35. The van der Waals surface area contributed by atoms with Crippen LogP contribution in [0.1, 0.15) is 108 Å². The molecule has 3 aliphatic rings. The number of allylic oxidation sites excluding steroid dienone is 2. The Morgan fingerprint density at radius 2 is 1.27 bits per heavy atom. The van der Waals surface area contributed by atoms with E-state index < -0.39 is 11.6 Å². The molecule has 1 nitrogen and oxygen atoms in total. The Kier molecular flexibility index (Phi) is 8.88. The van der Waals surface area contributed by atoms with E-state index in [0.717, 1.165) is 42.4 Å². The molecular formula is C30H44F2O. The van der Waals surface area contributed by atoms with E-state index >= 15 is 0 Å². The van der Waals surface area contributed by atoms with Crippen LogP contribution in [-0.4, -0.2) is 7.11 Å². The molecule has 0 N–H and O–H groups in total. The molecule has 0 atom stereocenters. The second-order valence-corrected chi connectivity index (χ2v) is 11.2. The van der Waals surface area contributed by atoms with Crippen LogP contribution >= 0.6 is 0 Å². The van der Waals surface area contributed by atoms with Crippen molar-refractivity contribution in [3.8, 4) is 5.75 Å². The van der Waals surface area contributed by atoms with Crippen LogP contribution in [0.25, 0.3) is 0 Å². The van der Waals surface area contributed by atoms with Gasteiger partial charge in [0.2, 0.25) is 5.82 Å². The molecule has 0 spiro atoms. The summed E-state index contributed by atoms with van der Waals surface area (Å²) in [6, 6.07) is 3.32. The van der Waals surface area contributed by atoms with E-state index in [4.69, 9.17) is 4.74 Å². The van der Waals surface area contributed by atoms with Crippen molar-refractivity contribution in [1.82, 2.24) is 0 Å². The standard InChI is InChI=1S/C30H44F2O/c1-3-4-5-6-21-7-9-22(10-8-21)23-11-13-24(14-12-23)25-15-17-26(18-16-25)27-19-20-28(33-2)30(32)29(27)31/h3-4,19-26H,5-18H2,1-2H3/b4-3+. The lowest BCUT2D eigenvalue weighted by atomic mass is 9.64. The van der Waals surface area contributed by atoms with E-state index in [0.29, 0.717) is 5.56 Å². The maximum Gasteiger partial charge on any atom is 0.200 e. The summed E-state index contributed by atoms with van der Waals surface area (Å²) in [6.07, 6.45) is 23.0. The third-order valence-corrected chi connectivity index (χ3v) is 9.53. The molecule has 0 heterocycles. The minimum atomic E-state index is -0.831. The second-order valence-electron chi connectivity index (χ2n) is 11.2. The van der Waals surface area contributed by atoms with Gasteiger partial charge in [-0.2, -0.15) is 4.39 Å². The van der Waals surface area contributed by atoms with Crippen molar-refractivity contribution in [2.45, 2.75) is 103 Å². The molecule has 0 unspecified atom stereocenters. The molecule has 0 amide bonds. The van der Waals surface area contributed by atoms with Gasteiger partial charge in [-0.25, -0.2) is 4.39 Å². The van der Waals surface area contributed by atoms with Crippen molar-refractivity contribution in [3.05, 3.63) is 41.5 Å². The summed E-state index contributed by atoms with van der Waals surface area (Å²) in [6.45, 7) is 2.13. The highest BCUT2D eigenvalue weighted by atomic mass is 19.2. The number of ether oxygens (including phenoxy) is 1. The zero-order valence-corrected chi connectivity index (χ0v) is 20.8. The van der Waals surface area contributed by atoms with Crippen LogP contribution in [0.5, 0.6) is 5.75 Å². The van der Waals surface area contributed by atoms with Gasteiger partial charge in [-0.3, -0.25) is 0 Å². The van der Waals surface area contributed by atoms with Crippen molar-refractivity contribution < 1.29 is 13.5 Å². The number of hydrogen-bond donors (Lipinski definition) is 0. The molecule has 0 aromatic heterocycles. The summed E-state index contributed by atoms with van der Waals surface area (Å²) in [7, 11) is 1.38. The number of methoxy groups -OCH3 is 1. The van der Waals surface area contributed by atoms with Crippen LogP contribution < -0.4 is 4.74 Å². The maximum absolute atomic E-state index is 14.5. The zero-order chi connectivity index (χ0) is 23.2. The Hall–Kier alpha value is -1.38. The van der Waals surface area contributed by atoms with Gasteiger partial charge in [0.15, 0.2) is 11.6 Å². The lowest BCUT2D eigenvalue weighted by Crippen LogP contribution is -2.29. The van der Waals surface area contributed by atoms with E-state index in [9.17, 15) is 8.78 Å². The molecule has 3 heteroatoms. The summed E-state index contributed by atoms with van der Waals surface area (Å²) in [5.74, 6) is 3.18. The molecule has 0 bridgehead atoms. The Labute approximate surface area is 200 Å². The van der Waals surface area contributed by atoms with E-state index in [-0.39, 0.29) is 11.7 Å². The normalized spacial score (nSPS) is 33.3. The number of rotatable bonds is 7. The van der Waals surface area contributed by atoms with Crippen molar-refractivity contribution in [1.29, 1.82) is 0 Å². The molecule has 0 aliphatic heterocycles. The quantitative estimate of drug-likeness (QED) is 0.370. The monoisotopic (exact) mass is 458 g/mol. The first-order valence-corrected chi connectivity index (χ1v) is 13.7. The predicted molar refractivity (Wildman–Crippen MR) is 133 cm³/mol. The van der Waals surface area contributed by atoms with Gasteiger partial charge in [0.1, 0.15) is 0 Å². The summed E-state index contributed by atoms with van der Waals surface area (Å²) >= 11 is 0. The molecule has 0 radical (unpaired) electrons. The Bertz CT molecular complexity index is 764. The lowest BCUT2D eigenvalue weighted by molar-refractivity contribution is 0.109. The van der Waals surface area contributed by atoms with Gasteiger partial charge in [0.25, 0.3) is 0 Å². The van der Waals surface area contributed by atoms with Crippen LogP contribution in [0, 0.1) is 41.2 Å². The Morgan fingerprint density at radius 3 is 1.79 bits per heavy atom. The van der Waals surface area contributed by atoms with Gasteiger partial charge in [0.05, 0.1) is 7.11 Å². The van der Waals surface area contributed by atoms with Gasteiger partial charge >= 0.3 is 0 Å². The molecule has 3 aliphatic carbocycles. The average Bonchev–Trinajstić information content (AvgIpc) is 2.87. The third-order valence-electron chi connectivity index (χ3n) is 9.53. The van der Waals surface area contributed by atoms with Gasteiger partial charge < -0.3 is 4.74 Å². The highest BCUT2D eigenvalue weighted by Crippen LogP contribution is 2.47. The number of hydrogen-bond acceptors (Lipinski definition) is 1. The van der Waals surface area contributed by atoms with Crippen molar-refractivity contribution in [2.75, 3.05) is 7.11 Å². The Balaban J connectivity index is 1.20. The summed E-state index contributed by atoms with van der Waals surface area (Å²) in [5.41, 5.74) is 0.553. The molecule has 33 heavy (non-hydrogen) atoms. The lowest BCUT2D eigenvalue weighted by Gasteiger charge is -2.41. The Morgan fingerprint density at radius 1 is 0.758 bits per heavy atom. The molecule has 3 saturated carbocycles. The largest absolute Gasteiger partial charge is 0.494 e. The summed E-state index contributed by atoms with van der Waals surface area (Å²) < 4.78 is 33.6. The van der Waals surface area contributed by atoms with Crippen LogP contribution in [0.2, 0.25) is 0 Å². The number of benzene rings is 1. The highest BCUT2D eigenvalue weighted by molar-refractivity contribution is 5.33. The van der Waals surface area contributed by atoms with Gasteiger partial charge in [-0.1, -0.05) is 31.1 Å². The fourth-order valence-corrected chi connectivity index (χ4v) is 7.46. The molecule has 184 valence electrons. The zero-order valence-electron chi connectivity index (χ0n) is 20.8. The van der Waals surface area contributed by atoms with Crippen molar-refractivity contribution in [3.63, 3.8) is 0 Å². The molecular weight excluding hydrogens is 414 g/mol. The fourth-order valence-electron chi connectivity index (χ4n) is 7.46. The fraction of sp³-hybridized carbons (Fsp3) is 0.733. The molecule has 1 aromatic rings. The van der Waals surface area contributed by atoms with Gasteiger partial charge in [-0.05, 0) is 131 Å². The number of halogens is 2. The van der Waals surface area contributed by atoms with E-state index in [1.165, 1.54) is 84.2 Å². The molecule has 0 saturated heterocycles. The minimum Gasteiger partial charge on any atom is -0.494 e. The van der Waals surface area contributed by atoms with Crippen molar-refractivity contribution >= 4 is 0 Å². The SMILES string of the molecule is C/C=C/CCC1CCC(C2CCC(C3CCC(c4ccc(OC)c(F)c4F)CC3)CC2)CC1. The third kappa shape index (κ3) is 6.01.